The molecule has 5 nitrogen and oxygen atoms in total. The third-order valence-corrected chi connectivity index (χ3v) is 2.78. The van der Waals surface area contributed by atoms with Crippen molar-refractivity contribution in [3.8, 4) is 0 Å². The molecular weight excluding hydrogens is 216 g/mol. The molecule has 1 aromatic rings. The number of hydrogen-bond donors (Lipinski definition) is 3. The molecule has 4 N–H and O–H groups in total. The first-order chi connectivity index (χ1) is 8.10. The first-order valence-corrected chi connectivity index (χ1v) is 5.81. The summed E-state index contributed by atoms with van der Waals surface area (Å²) in [5.41, 5.74) is 3.52. The van der Waals surface area contributed by atoms with E-state index in [0.717, 1.165) is 6.42 Å². The number of anilines is 1. The fourth-order valence-corrected chi connectivity index (χ4v) is 1.69. The summed E-state index contributed by atoms with van der Waals surface area (Å²) in [5, 5.41) is 2.99. The summed E-state index contributed by atoms with van der Waals surface area (Å²) in [6, 6.07) is 1.82. The minimum absolute atomic E-state index is 0.124. The van der Waals surface area contributed by atoms with Crippen molar-refractivity contribution in [2.75, 3.05) is 5.43 Å². The number of aromatic nitrogens is 1. The van der Waals surface area contributed by atoms with E-state index < -0.39 is 0 Å². The Morgan fingerprint density at radius 1 is 1.53 bits per heavy atom. The number of nitrogens with two attached hydrogens (primary N) is 1. The van der Waals surface area contributed by atoms with Crippen LogP contribution in [0.2, 0.25) is 0 Å². The van der Waals surface area contributed by atoms with Gasteiger partial charge >= 0.3 is 0 Å². The third kappa shape index (κ3) is 3.42. The van der Waals surface area contributed by atoms with Gasteiger partial charge in [-0.1, -0.05) is 20.8 Å². The Hall–Kier alpha value is -1.62. The lowest BCUT2D eigenvalue weighted by Gasteiger charge is -2.21. The van der Waals surface area contributed by atoms with Crippen LogP contribution < -0.4 is 16.6 Å². The monoisotopic (exact) mass is 236 g/mol. The van der Waals surface area contributed by atoms with Crippen molar-refractivity contribution < 1.29 is 4.79 Å². The maximum Gasteiger partial charge on any atom is 0.253 e. The topological polar surface area (TPSA) is 80.0 Å². The van der Waals surface area contributed by atoms with Gasteiger partial charge in [0.15, 0.2) is 0 Å². The second kappa shape index (κ2) is 6.20. The molecule has 0 aromatic carbocycles. The van der Waals surface area contributed by atoms with Crippen molar-refractivity contribution in [1.29, 1.82) is 0 Å². The van der Waals surface area contributed by atoms with Crippen LogP contribution in [-0.4, -0.2) is 16.9 Å². The molecule has 1 atom stereocenters. The predicted molar refractivity (Wildman–Crippen MR) is 68.4 cm³/mol. The molecule has 0 spiro atoms. The number of nitrogen functional groups attached to an aromatic ring is 1. The number of rotatable bonds is 5. The molecule has 1 heterocycles. The number of hydrogen-bond acceptors (Lipinski definition) is 4. The molecule has 0 bridgehead atoms. The minimum Gasteiger partial charge on any atom is -0.349 e. The van der Waals surface area contributed by atoms with E-state index >= 15 is 0 Å². The summed E-state index contributed by atoms with van der Waals surface area (Å²) in [4.78, 5) is 16.0. The van der Waals surface area contributed by atoms with E-state index in [0.29, 0.717) is 17.2 Å². The van der Waals surface area contributed by atoms with Crippen LogP contribution >= 0.6 is 0 Å². The van der Waals surface area contributed by atoms with Crippen molar-refractivity contribution in [2.45, 2.75) is 33.2 Å². The zero-order chi connectivity index (χ0) is 12.8. The first kappa shape index (κ1) is 13.4. The van der Waals surface area contributed by atoms with Crippen LogP contribution in [0.25, 0.3) is 0 Å². The molecule has 0 saturated carbocycles. The Balaban J connectivity index is 2.82. The van der Waals surface area contributed by atoms with Crippen LogP contribution in [0.5, 0.6) is 0 Å². The van der Waals surface area contributed by atoms with Crippen molar-refractivity contribution >= 4 is 11.6 Å². The van der Waals surface area contributed by atoms with Crippen molar-refractivity contribution in [2.24, 2.45) is 11.8 Å². The molecule has 17 heavy (non-hydrogen) atoms. The van der Waals surface area contributed by atoms with Gasteiger partial charge < -0.3 is 10.7 Å². The van der Waals surface area contributed by atoms with Gasteiger partial charge in [0, 0.05) is 12.2 Å². The molecule has 0 aliphatic heterocycles. The van der Waals surface area contributed by atoms with Gasteiger partial charge in [-0.15, -0.1) is 0 Å². The van der Waals surface area contributed by atoms with Crippen molar-refractivity contribution in [3.63, 3.8) is 0 Å². The number of hydrazine groups is 1. The molecule has 94 valence electrons. The molecule has 0 fully saturated rings. The van der Waals surface area contributed by atoms with Gasteiger partial charge in [-0.3, -0.25) is 15.6 Å². The molecule has 5 heteroatoms. The van der Waals surface area contributed by atoms with Gasteiger partial charge in [-0.2, -0.15) is 0 Å². The fraction of sp³-hybridized carbons (Fsp3) is 0.500. The summed E-state index contributed by atoms with van der Waals surface area (Å²) in [5.74, 6) is 5.62. The number of nitrogens with zero attached hydrogens (tertiary/aromatic N) is 1. The highest BCUT2D eigenvalue weighted by molar-refractivity contribution is 5.99. The van der Waals surface area contributed by atoms with Crippen LogP contribution in [0, 0.1) is 5.92 Å². The quantitative estimate of drug-likeness (QED) is 0.535. The normalized spacial score (nSPS) is 12.3. The van der Waals surface area contributed by atoms with E-state index in [1.165, 1.54) is 6.20 Å². The van der Waals surface area contributed by atoms with E-state index in [-0.39, 0.29) is 11.9 Å². The lowest BCUT2D eigenvalue weighted by molar-refractivity contribution is 0.0925. The molecule has 0 aliphatic rings. The largest absolute Gasteiger partial charge is 0.349 e. The summed E-state index contributed by atoms with van der Waals surface area (Å²) < 4.78 is 0. The van der Waals surface area contributed by atoms with Crippen molar-refractivity contribution in [1.82, 2.24) is 10.3 Å². The zero-order valence-corrected chi connectivity index (χ0v) is 10.5. The number of amides is 1. The molecule has 1 rings (SSSR count). The van der Waals surface area contributed by atoms with Crippen molar-refractivity contribution in [3.05, 3.63) is 24.0 Å². The second-order valence-electron chi connectivity index (χ2n) is 4.30. The van der Waals surface area contributed by atoms with Crippen LogP contribution in [0.15, 0.2) is 18.5 Å². The number of carbonyl (C=O) groups is 1. The number of carbonyl (C=O) groups excluding carboxylic acids is 1. The predicted octanol–water partition coefficient (Wildman–Crippen LogP) is 1.53. The number of nitrogens with one attached hydrogen (secondary N) is 2. The Labute approximate surface area is 102 Å². The lowest BCUT2D eigenvalue weighted by Crippen LogP contribution is -2.38. The fourth-order valence-electron chi connectivity index (χ4n) is 1.69. The second-order valence-corrected chi connectivity index (χ2v) is 4.30. The third-order valence-electron chi connectivity index (χ3n) is 2.78. The molecule has 0 aliphatic carbocycles. The Morgan fingerprint density at radius 2 is 2.24 bits per heavy atom. The van der Waals surface area contributed by atoms with Gasteiger partial charge in [0.1, 0.15) is 0 Å². The molecule has 0 saturated heterocycles. The number of pyridine rings is 1. The summed E-state index contributed by atoms with van der Waals surface area (Å²) in [6.45, 7) is 6.23. The Morgan fingerprint density at radius 3 is 2.76 bits per heavy atom. The minimum atomic E-state index is -0.124. The highest BCUT2D eigenvalue weighted by Gasteiger charge is 2.17. The maximum absolute atomic E-state index is 12.1. The lowest BCUT2D eigenvalue weighted by atomic mass is 10.0. The zero-order valence-electron chi connectivity index (χ0n) is 10.5. The molecule has 1 unspecified atom stereocenters. The van der Waals surface area contributed by atoms with Gasteiger partial charge in [0.25, 0.3) is 5.91 Å². The van der Waals surface area contributed by atoms with E-state index in [9.17, 15) is 4.79 Å². The van der Waals surface area contributed by atoms with Gasteiger partial charge in [0.05, 0.1) is 17.4 Å². The highest BCUT2D eigenvalue weighted by Crippen LogP contribution is 2.13. The Bertz CT molecular complexity index is 379. The Kier molecular flexibility index (Phi) is 4.90. The summed E-state index contributed by atoms with van der Waals surface area (Å²) in [6.07, 6.45) is 4.01. The molecule has 1 amide bonds. The van der Waals surface area contributed by atoms with E-state index in [1.807, 2.05) is 0 Å². The first-order valence-electron chi connectivity index (χ1n) is 5.81. The van der Waals surface area contributed by atoms with Gasteiger partial charge in [-0.05, 0) is 18.4 Å². The van der Waals surface area contributed by atoms with Crippen LogP contribution in [-0.2, 0) is 0 Å². The molecule has 0 radical (unpaired) electrons. The summed E-state index contributed by atoms with van der Waals surface area (Å²) >= 11 is 0. The van der Waals surface area contributed by atoms with E-state index in [2.05, 4.69) is 36.5 Å². The average Bonchev–Trinajstić information content (AvgIpc) is 2.35. The smallest absolute Gasteiger partial charge is 0.253 e. The van der Waals surface area contributed by atoms with Crippen LogP contribution in [0.3, 0.4) is 0 Å². The van der Waals surface area contributed by atoms with Crippen LogP contribution in [0.4, 0.5) is 5.69 Å². The average molecular weight is 236 g/mol. The standard InChI is InChI=1S/C12H20N4O/c1-4-10(8(2)3)15-12(17)9-5-6-14-7-11(9)16-13/h5-8,10,16H,4,13H2,1-3H3,(H,15,17). The van der Waals surface area contributed by atoms with E-state index in [4.69, 9.17) is 5.84 Å². The van der Waals surface area contributed by atoms with Gasteiger partial charge in [-0.25, -0.2) is 0 Å². The van der Waals surface area contributed by atoms with Gasteiger partial charge in [0.2, 0.25) is 0 Å². The van der Waals surface area contributed by atoms with Crippen LogP contribution in [0.1, 0.15) is 37.6 Å². The highest BCUT2D eigenvalue weighted by atomic mass is 16.1. The molecule has 1 aromatic heterocycles. The SMILES string of the molecule is CCC(NC(=O)c1ccncc1NN)C(C)C. The van der Waals surface area contributed by atoms with E-state index in [1.54, 1.807) is 12.3 Å². The molecular formula is C12H20N4O. The maximum atomic E-state index is 12.1. The summed E-state index contributed by atoms with van der Waals surface area (Å²) in [7, 11) is 0.